The van der Waals surface area contributed by atoms with Crippen LogP contribution in [0.4, 0.5) is 0 Å². The number of rotatable bonds is 1. The van der Waals surface area contributed by atoms with Crippen molar-refractivity contribution in [3.8, 4) is 0 Å². The summed E-state index contributed by atoms with van der Waals surface area (Å²) in [6.07, 6.45) is 2.49. The number of aromatic nitrogens is 2. The van der Waals surface area contributed by atoms with Gasteiger partial charge in [-0.05, 0) is 19.1 Å². The summed E-state index contributed by atoms with van der Waals surface area (Å²) in [5.74, 6) is 0.764. The fraction of sp³-hybridized carbons (Fsp3) is 0.111. The minimum Gasteiger partial charge on any atom is -0.302 e. The quantitative estimate of drug-likeness (QED) is 0.652. The molecule has 4 heteroatoms. The van der Waals surface area contributed by atoms with Gasteiger partial charge in [-0.25, -0.2) is 4.98 Å². The van der Waals surface area contributed by atoms with Gasteiger partial charge in [-0.3, -0.25) is 4.79 Å². The van der Waals surface area contributed by atoms with Crippen molar-refractivity contribution in [2.75, 3.05) is 0 Å². The van der Waals surface area contributed by atoms with E-state index in [2.05, 4.69) is 4.98 Å². The Kier molecular flexibility index (Phi) is 1.81. The molecule has 0 bridgehead atoms. The van der Waals surface area contributed by atoms with Crippen molar-refractivity contribution >= 4 is 23.4 Å². The molecule has 0 aliphatic rings. The van der Waals surface area contributed by atoms with Crippen LogP contribution in [0.25, 0.3) is 5.52 Å². The van der Waals surface area contributed by atoms with Gasteiger partial charge in [-0.15, -0.1) is 0 Å². The van der Waals surface area contributed by atoms with Crippen LogP contribution in [0.2, 0.25) is 5.02 Å². The molecule has 0 spiro atoms. The van der Waals surface area contributed by atoms with Crippen LogP contribution in [-0.2, 0) is 0 Å². The van der Waals surface area contributed by atoms with Crippen molar-refractivity contribution < 1.29 is 4.79 Å². The van der Waals surface area contributed by atoms with Gasteiger partial charge in [-0.1, -0.05) is 11.6 Å². The van der Waals surface area contributed by atoms with Gasteiger partial charge in [-0.2, -0.15) is 0 Å². The molecule has 0 atom stereocenters. The number of pyridine rings is 1. The largest absolute Gasteiger partial charge is 0.302 e. The molecule has 13 heavy (non-hydrogen) atoms. The summed E-state index contributed by atoms with van der Waals surface area (Å²) < 4.78 is 1.80. The Bertz CT molecular complexity index is 476. The molecule has 0 saturated carbocycles. The van der Waals surface area contributed by atoms with E-state index in [0.29, 0.717) is 10.7 Å². The molecule has 2 heterocycles. The predicted octanol–water partition coefficient (Wildman–Crippen LogP) is 2.11. The summed E-state index contributed by atoms with van der Waals surface area (Å²) in [5, 5.41) is 0.630. The van der Waals surface area contributed by atoms with Crippen LogP contribution in [0.1, 0.15) is 16.3 Å². The molecule has 0 N–H and O–H groups in total. The van der Waals surface area contributed by atoms with E-state index in [9.17, 15) is 4.79 Å². The van der Waals surface area contributed by atoms with E-state index in [-0.39, 0.29) is 0 Å². The summed E-state index contributed by atoms with van der Waals surface area (Å²) in [6.45, 7) is 1.83. The topological polar surface area (TPSA) is 34.4 Å². The Labute approximate surface area is 80.0 Å². The molecule has 2 aromatic heterocycles. The van der Waals surface area contributed by atoms with Gasteiger partial charge in [0.25, 0.3) is 0 Å². The zero-order valence-corrected chi connectivity index (χ0v) is 7.75. The molecule has 0 aromatic carbocycles. The van der Waals surface area contributed by atoms with Crippen molar-refractivity contribution in [2.45, 2.75) is 6.92 Å². The SMILES string of the molecule is Cc1nc(C=O)c2ccc(Cl)cn12. The van der Waals surface area contributed by atoms with Crippen molar-refractivity contribution in [3.05, 3.63) is 34.9 Å². The van der Waals surface area contributed by atoms with Gasteiger partial charge in [0.1, 0.15) is 11.5 Å². The molecular weight excluding hydrogens is 188 g/mol. The lowest BCUT2D eigenvalue weighted by Gasteiger charge is -1.95. The monoisotopic (exact) mass is 194 g/mol. The Morgan fingerprint density at radius 2 is 2.31 bits per heavy atom. The maximum absolute atomic E-state index is 10.6. The van der Waals surface area contributed by atoms with E-state index in [1.165, 1.54) is 0 Å². The molecule has 0 unspecified atom stereocenters. The fourth-order valence-electron chi connectivity index (χ4n) is 1.32. The lowest BCUT2D eigenvalue weighted by Crippen LogP contribution is -1.86. The van der Waals surface area contributed by atoms with Crippen LogP contribution < -0.4 is 0 Å². The number of carbonyl (C=O) groups is 1. The molecule has 2 rings (SSSR count). The third kappa shape index (κ3) is 1.21. The molecule has 2 aromatic rings. The summed E-state index contributed by atoms with van der Waals surface area (Å²) in [6, 6.07) is 3.52. The molecular formula is C9H7ClN2O. The number of aryl methyl sites for hydroxylation is 1. The number of carbonyl (C=O) groups excluding carboxylic acids is 1. The second kappa shape index (κ2) is 2.85. The van der Waals surface area contributed by atoms with Gasteiger partial charge in [0.05, 0.1) is 10.5 Å². The first-order valence-electron chi connectivity index (χ1n) is 3.82. The predicted molar refractivity (Wildman–Crippen MR) is 50.3 cm³/mol. The highest BCUT2D eigenvalue weighted by Crippen LogP contribution is 2.15. The third-order valence-corrected chi connectivity index (χ3v) is 2.14. The number of fused-ring (bicyclic) bond motifs is 1. The van der Waals surface area contributed by atoms with E-state index in [4.69, 9.17) is 11.6 Å². The second-order valence-corrected chi connectivity index (χ2v) is 3.20. The first kappa shape index (κ1) is 8.26. The average molecular weight is 195 g/mol. The standard InChI is InChI=1S/C9H7ClN2O/c1-6-11-8(5-13)9-3-2-7(10)4-12(6)9/h2-5H,1H3. The van der Waals surface area contributed by atoms with Crippen LogP contribution >= 0.6 is 11.6 Å². The molecule has 0 aliphatic carbocycles. The van der Waals surface area contributed by atoms with Gasteiger partial charge >= 0.3 is 0 Å². The lowest BCUT2D eigenvalue weighted by atomic mass is 10.3. The molecule has 66 valence electrons. The fourth-order valence-corrected chi connectivity index (χ4v) is 1.48. The van der Waals surface area contributed by atoms with Gasteiger partial charge < -0.3 is 4.40 Å². The molecule has 0 amide bonds. The van der Waals surface area contributed by atoms with Gasteiger partial charge in [0.2, 0.25) is 0 Å². The summed E-state index contributed by atoms with van der Waals surface area (Å²) in [4.78, 5) is 14.7. The zero-order valence-electron chi connectivity index (χ0n) is 6.99. The third-order valence-electron chi connectivity index (χ3n) is 1.92. The highest BCUT2D eigenvalue weighted by atomic mass is 35.5. The normalized spacial score (nSPS) is 10.6. The van der Waals surface area contributed by atoms with Crippen LogP contribution in [0.5, 0.6) is 0 Å². The number of hydrogen-bond acceptors (Lipinski definition) is 2. The summed E-state index contributed by atoms with van der Waals surface area (Å²) in [5.41, 5.74) is 1.24. The van der Waals surface area contributed by atoms with E-state index in [0.717, 1.165) is 17.6 Å². The Balaban J connectivity index is 2.88. The van der Waals surface area contributed by atoms with Crippen LogP contribution in [0, 0.1) is 6.92 Å². The smallest absolute Gasteiger partial charge is 0.170 e. The minimum absolute atomic E-state index is 0.453. The number of nitrogens with zero attached hydrogens (tertiary/aromatic N) is 2. The molecule has 3 nitrogen and oxygen atoms in total. The zero-order chi connectivity index (χ0) is 9.42. The lowest BCUT2D eigenvalue weighted by molar-refractivity contribution is 0.112. The minimum atomic E-state index is 0.453. The van der Waals surface area contributed by atoms with E-state index >= 15 is 0 Å². The number of halogens is 1. The van der Waals surface area contributed by atoms with Crippen LogP contribution in [-0.4, -0.2) is 15.7 Å². The van der Waals surface area contributed by atoms with Crippen molar-refractivity contribution in [2.24, 2.45) is 0 Å². The first-order chi connectivity index (χ1) is 6.22. The Morgan fingerprint density at radius 3 is 3.00 bits per heavy atom. The molecule has 0 aliphatic heterocycles. The van der Waals surface area contributed by atoms with E-state index in [1.54, 1.807) is 22.7 Å². The number of imidazole rings is 1. The Morgan fingerprint density at radius 1 is 1.54 bits per heavy atom. The van der Waals surface area contributed by atoms with Crippen LogP contribution in [0.3, 0.4) is 0 Å². The van der Waals surface area contributed by atoms with E-state index in [1.807, 2.05) is 6.92 Å². The highest BCUT2D eigenvalue weighted by Gasteiger charge is 2.06. The van der Waals surface area contributed by atoms with E-state index < -0.39 is 0 Å². The first-order valence-corrected chi connectivity index (χ1v) is 4.19. The maximum atomic E-state index is 10.6. The maximum Gasteiger partial charge on any atom is 0.170 e. The molecule has 0 saturated heterocycles. The van der Waals surface area contributed by atoms with Gasteiger partial charge in [0, 0.05) is 6.20 Å². The number of aldehydes is 1. The highest BCUT2D eigenvalue weighted by molar-refractivity contribution is 6.30. The van der Waals surface area contributed by atoms with Crippen molar-refractivity contribution in [1.82, 2.24) is 9.38 Å². The van der Waals surface area contributed by atoms with Gasteiger partial charge in [0.15, 0.2) is 6.29 Å². The van der Waals surface area contributed by atoms with Crippen LogP contribution in [0.15, 0.2) is 18.3 Å². The molecule has 0 radical (unpaired) electrons. The Hall–Kier alpha value is -1.35. The summed E-state index contributed by atoms with van der Waals surface area (Å²) >= 11 is 5.81. The summed E-state index contributed by atoms with van der Waals surface area (Å²) in [7, 11) is 0. The van der Waals surface area contributed by atoms with Crippen molar-refractivity contribution in [3.63, 3.8) is 0 Å². The van der Waals surface area contributed by atoms with Crippen molar-refractivity contribution in [1.29, 1.82) is 0 Å². The second-order valence-electron chi connectivity index (χ2n) is 2.76. The number of hydrogen-bond donors (Lipinski definition) is 0. The molecule has 0 fully saturated rings. The average Bonchev–Trinajstić information content (AvgIpc) is 2.43.